The van der Waals surface area contributed by atoms with E-state index >= 15 is 0 Å². The van der Waals surface area contributed by atoms with Crippen LogP contribution in [0.5, 0.6) is 11.5 Å². The van der Waals surface area contributed by atoms with Crippen molar-refractivity contribution in [1.82, 2.24) is 0 Å². The first-order chi connectivity index (χ1) is 16.1. The molecule has 168 valence electrons. The van der Waals surface area contributed by atoms with Crippen LogP contribution in [0.2, 0.25) is 0 Å². The zero-order valence-corrected chi connectivity index (χ0v) is 18.5. The third-order valence-corrected chi connectivity index (χ3v) is 6.40. The summed E-state index contributed by atoms with van der Waals surface area (Å²) in [7, 11) is 3.20. The number of methoxy groups -OCH3 is 2. The molecule has 2 N–H and O–H groups in total. The second-order valence-corrected chi connectivity index (χ2v) is 8.30. The van der Waals surface area contributed by atoms with Crippen molar-refractivity contribution in [3.8, 4) is 11.5 Å². The number of hydrogen-bond acceptors (Lipinski definition) is 5. The summed E-state index contributed by atoms with van der Waals surface area (Å²) in [6, 6.07) is 19.6. The lowest BCUT2D eigenvalue weighted by atomic mass is 9.78. The SMILES string of the molecule is COc1ccc(C2CC(=O)C3=C(C2)Nc2ccccc2NC3c2ccccc2F)cc1OC. The first-order valence-corrected chi connectivity index (χ1v) is 10.9. The molecule has 2 aliphatic rings. The zero-order chi connectivity index (χ0) is 22.9. The number of allylic oxidation sites excluding steroid dienone is 1. The minimum atomic E-state index is -0.573. The number of rotatable bonds is 4. The van der Waals surface area contributed by atoms with Gasteiger partial charge >= 0.3 is 0 Å². The predicted molar refractivity (Wildman–Crippen MR) is 126 cm³/mol. The Hall–Kier alpha value is -3.80. The Bertz CT molecular complexity index is 1250. The molecule has 0 radical (unpaired) electrons. The molecule has 0 fully saturated rings. The minimum Gasteiger partial charge on any atom is -0.493 e. The predicted octanol–water partition coefficient (Wildman–Crippen LogP) is 5.82. The Morgan fingerprint density at radius 2 is 1.61 bits per heavy atom. The summed E-state index contributed by atoms with van der Waals surface area (Å²) < 4.78 is 25.7. The van der Waals surface area contributed by atoms with Crippen LogP contribution in [0.4, 0.5) is 15.8 Å². The first-order valence-electron chi connectivity index (χ1n) is 10.9. The van der Waals surface area contributed by atoms with Gasteiger partial charge in [0, 0.05) is 23.3 Å². The number of ketones is 1. The van der Waals surface area contributed by atoms with Crippen molar-refractivity contribution < 1.29 is 18.7 Å². The van der Waals surface area contributed by atoms with E-state index in [9.17, 15) is 9.18 Å². The summed E-state index contributed by atoms with van der Waals surface area (Å²) in [6.07, 6.45) is 0.955. The average Bonchev–Trinajstić information content (AvgIpc) is 3.00. The van der Waals surface area contributed by atoms with Gasteiger partial charge in [0.2, 0.25) is 0 Å². The molecule has 0 spiro atoms. The van der Waals surface area contributed by atoms with Crippen LogP contribution in [0.15, 0.2) is 78.0 Å². The maximum Gasteiger partial charge on any atom is 0.163 e. The van der Waals surface area contributed by atoms with Gasteiger partial charge in [-0.2, -0.15) is 0 Å². The molecule has 3 aromatic carbocycles. The van der Waals surface area contributed by atoms with Crippen LogP contribution >= 0.6 is 0 Å². The van der Waals surface area contributed by atoms with Crippen LogP contribution in [-0.2, 0) is 4.79 Å². The molecule has 5 rings (SSSR count). The summed E-state index contributed by atoms with van der Waals surface area (Å²) in [5.41, 5.74) is 4.56. The Labute approximate surface area is 192 Å². The highest BCUT2D eigenvalue weighted by molar-refractivity contribution is 6.01. The number of carbonyl (C=O) groups is 1. The van der Waals surface area contributed by atoms with Gasteiger partial charge in [0.25, 0.3) is 0 Å². The molecule has 0 saturated carbocycles. The van der Waals surface area contributed by atoms with Gasteiger partial charge in [0.05, 0.1) is 31.6 Å². The van der Waals surface area contributed by atoms with Crippen molar-refractivity contribution in [2.24, 2.45) is 0 Å². The molecule has 1 aliphatic carbocycles. The van der Waals surface area contributed by atoms with Gasteiger partial charge in [-0.05, 0) is 48.2 Å². The molecule has 2 unspecified atom stereocenters. The minimum absolute atomic E-state index is 0.00269. The fraction of sp³-hybridized carbons (Fsp3) is 0.222. The standard InChI is InChI=1S/C27H25FN2O3/c1-32-24-12-11-16(15-25(24)33-2)17-13-22-26(23(31)14-17)27(18-7-3-4-8-19(18)28)30-21-10-6-5-9-20(21)29-22/h3-12,15,17,27,29-30H,13-14H2,1-2H3. The number of ether oxygens (including phenoxy) is 2. The van der Waals surface area contributed by atoms with Gasteiger partial charge in [-0.25, -0.2) is 4.39 Å². The number of carbonyl (C=O) groups excluding carboxylic acids is 1. The number of anilines is 2. The van der Waals surface area contributed by atoms with E-state index in [4.69, 9.17) is 9.47 Å². The van der Waals surface area contributed by atoms with Crippen molar-refractivity contribution in [3.63, 3.8) is 0 Å². The molecular weight excluding hydrogens is 419 g/mol. The molecule has 6 heteroatoms. The molecule has 33 heavy (non-hydrogen) atoms. The molecule has 0 amide bonds. The molecule has 0 aromatic heterocycles. The normalized spacial score (nSPS) is 19.5. The molecule has 1 heterocycles. The largest absolute Gasteiger partial charge is 0.493 e. The van der Waals surface area contributed by atoms with Crippen molar-refractivity contribution in [1.29, 1.82) is 0 Å². The summed E-state index contributed by atoms with van der Waals surface area (Å²) >= 11 is 0. The third kappa shape index (κ3) is 3.82. The second-order valence-electron chi connectivity index (χ2n) is 8.30. The van der Waals surface area contributed by atoms with Crippen molar-refractivity contribution in [3.05, 3.63) is 94.9 Å². The summed E-state index contributed by atoms with van der Waals surface area (Å²) in [5, 5.41) is 6.90. The van der Waals surface area contributed by atoms with Crippen molar-refractivity contribution in [2.45, 2.75) is 24.8 Å². The first kappa shape index (κ1) is 21.1. The summed E-state index contributed by atoms with van der Waals surface area (Å²) in [4.78, 5) is 13.6. The van der Waals surface area contributed by atoms with E-state index < -0.39 is 6.04 Å². The van der Waals surface area contributed by atoms with Gasteiger partial charge in [-0.3, -0.25) is 4.79 Å². The fourth-order valence-electron chi connectivity index (χ4n) is 4.78. The molecule has 0 saturated heterocycles. The lowest BCUT2D eigenvalue weighted by Crippen LogP contribution is -2.27. The average molecular weight is 445 g/mol. The molecular formula is C27H25FN2O3. The van der Waals surface area contributed by atoms with Crippen LogP contribution in [0, 0.1) is 5.82 Å². The summed E-state index contributed by atoms with van der Waals surface area (Å²) in [6.45, 7) is 0. The molecule has 0 bridgehead atoms. The van der Waals surface area contributed by atoms with Crippen LogP contribution in [0.25, 0.3) is 0 Å². The van der Waals surface area contributed by atoms with E-state index in [0.29, 0.717) is 35.5 Å². The Balaban J connectivity index is 1.59. The third-order valence-electron chi connectivity index (χ3n) is 6.40. The number of halogens is 1. The van der Waals surface area contributed by atoms with E-state index in [2.05, 4.69) is 10.6 Å². The van der Waals surface area contributed by atoms with Gasteiger partial charge in [0.1, 0.15) is 5.82 Å². The Morgan fingerprint density at radius 3 is 2.36 bits per heavy atom. The number of nitrogens with one attached hydrogen (secondary N) is 2. The van der Waals surface area contributed by atoms with Crippen molar-refractivity contribution in [2.75, 3.05) is 24.9 Å². The smallest absolute Gasteiger partial charge is 0.163 e. The topological polar surface area (TPSA) is 59.6 Å². The fourth-order valence-corrected chi connectivity index (χ4v) is 4.78. The number of para-hydroxylation sites is 2. The number of Topliss-reactive ketones (excluding diaryl/α,β-unsaturated/α-hetero) is 1. The highest BCUT2D eigenvalue weighted by Crippen LogP contribution is 2.45. The number of hydrogen-bond donors (Lipinski definition) is 2. The summed E-state index contributed by atoms with van der Waals surface area (Å²) in [5.74, 6) is 0.907. The molecule has 2 atom stereocenters. The van der Waals surface area contributed by atoms with Crippen LogP contribution in [0.1, 0.15) is 35.9 Å². The van der Waals surface area contributed by atoms with Gasteiger partial charge < -0.3 is 20.1 Å². The highest BCUT2D eigenvalue weighted by Gasteiger charge is 2.37. The van der Waals surface area contributed by atoms with Gasteiger partial charge in [-0.15, -0.1) is 0 Å². The van der Waals surface area contributed by atoms with Crippen LogP contribution in [-0.4, -0.2) is 20.0 Å². The second kappa shape index (κ2) is 8.62. The number of benzene rings is 3. The maximum atomic E-state index is 14.8. The van der Waals surface area contributed by atoms with Gasteiger partial charge in [0.15, 0.2) is 17.3 Å². The Morgan fingerprint density at radius 1 is 0.879 bits per heavy atom. The van der Waals surface area contributed by atoms with Crippen LogP contribution in [0.3, 0.4) is 0 Å². The lowest BCUT2D eigenvalue weighted by Gasteiger charge is -2.30. The zero-order valence-electron chi connectivity index (χ0n) is 18.5. The molecule has 3 aromatic rings. The lowest BCUT2D eigenvalue weighted by molar-refractivity contribution is -0.116. The quantitative estimate of drug-likeness (QED) is 0.531. The number of fused-ring (bicyclic) bond motifs is 1. The van der Waals surface area contributed by atoms with E-state index in [1.54, 1.807) is 32.4 Å². The van der Waals surface area contributed by atoms with Crippen LogP contribution < -0.4 is 20.1 Å². The van der Waals surface area contributed by atoms with Gasteiger partial charge in [-0.1, -0.05) is 36.4 Å². The van der Waals surface area contributed by atoms with E-state index in [0.717, 1.165) is 22.6 Å². The molecule has 5 nitrogen and oxygen atoms in total. The highest BCUT2D eigenvalue weighted by atomic mass is 19.1. The van der Waals surface area contributed by atoms with E-state index in [1.165, 1.54) is 6.07 Å². The maximum absolute atomic E-state index is 14.8. The monoisotopic (exact) mass is 444 g/mol. The van der Waals surface area contributed by atoms with E-state index in [1.807, 2.05) is 42.5 Å². The molecule has 1 aliphatic heterocycles. The van der Waals surface area contributed by atoms with E-state index in [-0.39, 0.29) is 17.5 Å². The Kier molecular flexibility index (Phi) is 5.50. The van der Waals surface area contributed by atoms with Crippen molar-refractivity contribution >= 4 is 17.2 Å².